The summed E-state index contributed by atoms with van der Waals surface area (Å²) in [6, 6.07) is 0. The number of rotatable bonds is 5. The number of aliphatic hydroxyl groups is 1. The van der Waals surface area contributed by atoms with Crippen LogP contribution in [0.1, 0.15) is 33.1 Å². The Balaban J connectivity index is 2.35. The lowest BCUT2D eigenvalue weighted by atomic mass is 9.97. The molecule has 0 amide bonds. The van der Waals surface area contributed by atoms with Gasteiger partial charge < -0.3 is 19.3 Å². The Morgan fingerprint density at radius 3 is 2.78 bits per heavy atom. The highest BCUT2D eigenvalue weighted by atomic mass is 16.7. The molecule has 0 saturated carbocycles. The Morgan fingerprint density at radius 1 is 1.56 bits per heavy atom. The second-order valence-corrected chi connectivity index (χ2v) is 4.61. The molecule has 0 spiro atoms. The van der Waals surface area contributed by atoms with Gasteiger partial charge in [-0.1, -0.05) is 0 Å². The molecule has 104 valence electrons. The summed E-state index contributed by atoms with van der Waals surface area (Å²) in [5, 5.41) is 9.81. The zero-order chi connectivity index (χ0) is 13.7. The maximum atomic E-state index is 11.2. The minimum Gasteiger partial charge on any atom is -0.469 e. The molecule has 0 bridgehead atoms. The van der Waals surface area contributed by atoms with Crippen molar-refractivity contribution in [2.75, 3.05) is 7.11 Å². The highest BCUT2D eigenvalue weighted by Crippen LogP contribution is 2.21. The van der Waals surface area contributed by atoms with Crippen molar-refractivity contribution in [1.82, 2.24) is 0 Å². The van der Waals surface area contributed by atoms with Gasteiger partial charge in [-0.3, -0.25) is 4.79 Å². The van der Waals surface area contributed by atoms with Crippen LogP contribution < -0.4 is 0 Å². The van der Waals surface area contributed by atoms with E-state index in [1.54, 1.807) is 13.8 Å². The molecule has 6 nitrogen and oxygen atoms in total. The first-order chi connectivity index (χ1) is 8.43. The molecule has 0 aliphatic carbocycles. The van der Waals surface area contributed by atoms with Crippen LogP contribution in [0.2, 0.25) is 0 Å². The van der Waals surface area contributed by atoms with Crippen LogP contribution in [-0.2, 0) is 19.0 Å². The highest BCUT2D eigenvalue weighted by molar-refractivity contribution is 5.72. The van der Waals surface area contributed by atoms with Crippen LogP contribution in [0.25, 0.3) is 0 Å². The summed E-state index contributed by atoms with van der Waals surface area (Å²) in [4.78, 5) is 22.3. The Kier molecular flexibility index (Phi) is 5.40. The largest absolute Gasteiger partial charge is 0.508 e. The van der Waals surface area contributed by atoms with Gasteiger partial charge in [0.05, 0.1) is 19.1 Å². The molecule has 0 radical (unpaired) electrons. The minimum absolute atomic E-state index is 0.175. The van der Waals surface area contributed by atoms with Crippen LogP contribution in [0.3, 0.4) is 0 Å². The Hall–Kier alpha value is -1.30. The van der Waals surface area contributed by atoms with Gasteiger partial charge in [-0.05, 0) is 26.7 Å². The summed E-state index contributed by atoms with van der Waals surface area (Å²) in [5.74, 6) is -1.03. The first kappa shape index (κ1) is 14.8. The first-order valence-corrected chi connectivity index (χ1v) is 6.07. The van der Waals surface area contributed by atoms with E-state index in [2.05, 4.69) is 4.74 Å². The van der Waals surface area contributed by atoms with Crippen molar-refractivity contribution < 1.29 is 28.9 Å². The molecule has 0 aromatic rings. The van der Waals surface area contributed by atoms with Gasteiger partial charge in [-0.25, -0.2) is 4.79 Å². The number of ether oxygens (including phenoxy) is 3. The van der Waals surface area contributed by atoms with Crippen molar-refractivity contribution in [2.45, 2.75) is 51.4 Å². The van der Waals surface area contributed by atoms with E-state index >= 15 is 0 Å². The zero-order valence-corrected chi connectivity index (χ0v) is 10.9. The van der Waals surface area contributed by atoms with Gasteiger partial charge >= 0.3 is 12.1 Å². The quantitative estimate of drug-likeness (QED) is 0.749. The average molecular weight is 260 g/mol. The summed E-state index contributed by atoms with van der Waals surface area (Å²) < 4.78 is 14.4. The second-order valence-electron chi connectivity index (χ2n) is 4.61. The molecule has 1 saturated heterocycles. The fourth-order valence-electron chi connectivity index (χ4n) is 1.92. The van der Waals surface area contributed by atoms with Crippen LogP contribution in [0.15, 0.2) is 0 Å². The minimum atomic E-state index is -0.797. The van der Waals surface area contributed by atoms with Crippen LogP contribution in [0.4, 0.5) is 4.79 Å². The fourth-order valence-corrected chi connectivity index (χ4v) is 1.92. The van der Waals surface area contributed by atoms with Gasteiger partial charge in [0.15, 0.2) is 0 Å². The summed E-state index contributed by atoms with van der Waals surface area (Å²) >= 11 is 0. The van der Waals surface area contributed by atoms with Crippen molar-refractivity contribution in [3.63, 3.8) is 0 Å². The lowest BCUT2D eigenvalue weighted by molar-refractivity contribution is -0.149. The zero-order valence-electron chi connectivity index (χ0n) is 10.9. The lowest BCUT2D eigenvalue weighted by Crippen LogP contribution is -2.34. The van der Waals surface area contributed by atoms with Gasteiger partial charge in [-0.15, -0.1) is 0 Å². The summed E-state index contributed by atoms with van der Waals surface area (Å²) in [5.41, 5.74) is 0. The van der Waals surface area contributed by atoms with Crippen LogP contribution in [0.5, 0.6) is 0 Å². The number of cyclic esters (lactones) is 2. The summed E-state index contributed by atoms with van der Waals surface area (Å²) in [6.07, 6.45) is -0.427. The van der Waals surface area contributed by atoms with Crippen molar-refractivity contribution in [1.29, 1.82) is 0 Å². The molecule has 1 fully saturated rings. The van der Waals surface area contributed by atoms with E-state index in [0.29, 0.717) is 19.3 Å². The van der Waals surface area contributed by atoms with Gasteiger partial charge in [-0.2, -0.15) is 0 Å². The third-order valence-electron chi connectivity index (χ3n) is 3.09. The van der Waals surface area contributed by atoms with E-state index in [-0.39, 0.29) is 12.2 Å². The van der Waals surface area contributed by atoms with E-state index in [1.807, 2.05) is 0 Å². The number of aliphatic hydroxyl groups excluding tert-OH is 1. The molecule has 4 atom stereocenters. The smallest absolute Gasteiger partial charge is 0.469 e. The van der Waals surface area contributed by atoms with Gasteiger partial charge in [0, 0.05) is 6.42 Å². The number of hydrogen-bond donors (Lipinski definition) is 1. The molecular weight excluding hydrogens is 240 g/mol. The molecule has 0 aromatic heterocycles. The summed E-state index contributed by atoms with van der Waals surface area (Å²) in [7, 11) is 1.29. The van der Waals surface area contributed by atoms with Crippen LogP contribution in [0, 0.1) is 5.92 Å². The third kappa shape index (κ3) is 4.18. The lowest BCUT2D eigenvalue weighted by Gasteiger charge is -2.27. The average Bonchev–Trinajstić information content (AvgIpc) is 2.32. The van der Waals surface area contributed by atoms with E-state index in [0.717, 1.165) is 0 Å². The number of methoxy groups -OCH3 is 1. The normalized spacial score (nSPS) is 26.8. The molecule has 1 rings (SSSR count). The Bertz CT molecular complexity index is 303. The fraction of sp³-hybridized carbons (Fsp3) is 0.833. The van der Waals surface area contributed by atoms with E-state index in [9.17, 15) is 14.7 Å². The van der Waals surface area contributed by atoms with Crippen LogP contribution >= 0.6 is 0 Å². The first-order valence-electron chi connectivity index (χ1n) is 6.07. The molecular formula is C12H20O6. The van der Waals surface area contributed by atoms with Gasteiger partial charge in [0.2, 0.25) is 0 Å². The van der Waals surface area contributed by atoms with Gasteiger partial charge in [0.1, 0.15) is 12.2 Å². The number of carbonyl (C=O) groups is 2. The van der Waals surface area contributed by atoms with E-state index < -0.39 is 24.1 Å². The number of carbonyl (C=O) groups excluding carboxylic acids is 2. The number of hydrogen-bond acceptors (Lipinski definition) is 6. The molecule has 6 heteroatoms. The molecule has 0 unspecified atom stereocenters. The standard InChI is InChI=1S/C12H20O6/c1-7-6-9(18-12(15)17-7)4-5-10(13)8(2)11(14)16-3/h7-10,13H,4-6H2,1-3H3/t7-,8-,9+,10+/m1/s1. The SMILES string of the molecule is COC(=O)[C@H](C)[C@@H](O)CC[C@H]1C[C@@H](C)OC(=O)O1. The molecule has 1 aliphatic heterocycles. The van der Waals surface area contributed by atoms with Crippen LogP contribution in [-0.4, -0.2) is 42.7 Å². The Labute approximate surface area is 106 Å². The monoisotopic (exact) mass is 260 g/mol. The highest BCUT2D eigenvalue weighted by Gasteiger charge is 2.29. The summed E-state index contributed by atoms with van der Waals surface area (Å²) in [6.45, 7) is 3.40. The van der Waals surface area contributed by atoms with E-state index in [1.165, 1.54) is 7.11 Å². The third-order valence-corrected chi connectivity index (χ3v) is 3.09. The van der Waals surface area contributed by atoms with Crippen molar-refractivity contribution in [3.8, 4) is 0 Å². The van der Waals surface area contributed by atoms with E-state index in [4.69, 9.17) is 9.47 Å². The molecule has 0 aromatic carbocycles. The molecule has 1 N–H and O–H groups in total. The Morgan fingerprint density at radius 2 is 2.22 bits per heavy atom. The topological polar surface area (TPSA) is 82.1 Å². The number of esters is 1. The second kappa shape index (κ2) is 6.58. The predicted molar refractivity (Wildman–Crippen MR) is 61.9 cm³/mol. The molecule has 1 heterocycles. The maximum Gasteiger partial charge on any atom is 0.508 e. The van der Waals surface area contributed by atoms with Gasteiger partial charge in [0.25, 0.3) is 0 Å². The molecule has 18 heavy (non-hydrogen) atoms. The maximum absolute atomic E-state index is 11.2. The molecule has 1 aliphatic rings. The predicted octanol–water partition coefficient (Wildman–Crippen LogP) is 1.25. The van der Waals surface area contributed by atoms with Crippen molar-refractivity contribution >= 4 is 12.1 Å². The van der Waals surface area contributed by atoms with Crippen molar-refractivity contribution in [3.05, 3.63) is 0 Å². The van der Waals surface area contributed by atoms with Crippen molar-refractivity contribution in [2.24, 2.45) is 5.92 Å².